The Hall–Kier alpha value is -4.08. The van der Waals surface area contributed by atoms with Gasteiger partial charge in [0.25, 0.3) is 11.4 Å². The molecule has 10 nitrogen and oxygen atoms in total. The van der Waals surface area contributed by atoms with Crippen molar-refractivity contribution in [3.05, 3.63) is 80.2 Å². The number of nitro groups is 2. The molecular formula is C17H13N5O5. The van der Waals surface area contributed by atoms with Crippen LogP contribution in [0.15, 0.2) is 58.2 Å². The lowest BCUT2D eigenvalue weighted by Gasteiger charge is -2.01. The highest BCUT2D eigenvalue weighted by atomic mass is 16.6. The van der Waals surface area contributed by atoms with E-state index in [-0.39, 0.29) is 11.4 Å². The lowest BCUT2D eigenvalue weighted by molar-refractivity contribution is -0.385. The minimum atomic E-state index is -0.547. The van der Waals surface area contributed by atoms with Crippen LogP contribution >= 0.6 is 0 Å². The lowest BCUT2D eigenvalue weighted by Crippen LogP contribution is -1.94. The second-order valence-electron chi connectivity index (χ2n) is 5.51. The van der Waals surface area contributed by atoms with Gasteiger partial charge < -0.3 is 4.42 Å². The van der Waals surface area contributed by atoms with E-state index in [0.29, 0.717) is 22.9 Å². The molecule has 3 aromatic rings. The van der Waals surface area contributed by atoms with Gasteiger partial charge in [-0.2, -0.15) is 5.10 Å². The number of furan rings is 1. The third kappa shape index (κ3) is 4.12. The van der Waals surface area contributed by atoms with E-state index in [2.05, 4.69) is 15.5 Å². The Morgan fingerprint density at radius 1 is 1.11 bits per heavy atom. The van der Waals surface area contributed by atoms with E-state index in [4.69, 9.17) is 4.42 Å². The second kappa shape index (κ2) is 7.44. The Balaban J connectivity index is 1.74. The first-order chi connectivity index (χ1) is 12.9. The molecule has 0 aliphatic rings. The number of hydrogen-bond donors (Lipinski definition) is 1. The predicted octanol–water partition coefficient (Wildman–Crippen LogP) is 3.91. The maximum absolute atomic E-state index is 11.2. The van der Waals surface area contributed by atoms with Gasteiger partial charge in [-0.15, -0.1) is 0 Å². The summed E-state index contributed by atoms with van der Waals surface area (Å²) >= 11 is 0. The summed E-state index contributed by atoms with van der Waals surface area (Å²) in [5, 5.41) is 25.7. The smallest absolute Gasteiger partial charge is 0.287 e. The summed E-state index contributed by atoms with van der Waals surface area (Å²) in [6, 6.07) is 10.8. The number of aromatic nitrogens is 1. The highest BCUT2D eigenvalue weighted by Gasteiger charge is 2.18. The SMILES string of the molecule is Cc1ccc(-c2ccc(/C=N/Nc3ccc([N+](=O)[O-])cn3)o2)c([N+](=O)[O-])c1. The van der Waals surface area contributed by atoms with Crippen molar-refractivity contribution in [2.24, 2.45) is 5.10 Å². The van der Waals surface area contributed by atoms with E-state index in [1.807, 2.05) is 0 Å². The van der Waals surface area contributed by atoms with Gasteiger partial charge in [0.1, 0.15) is 23.5 Å². The van der Waals surface area contributed by atoms with Gasteiger partial charge in [0, 0.05) is 12.1 Å². The van der Waals surface area contributed by atoms with Crippen molar-refractivity contribution < 1.29 is 14.3 Å². The third-order valence-corrected chi connectivity index (χ3v) is 3.57. The number of aryl methyl sites for hydroxylation is 1. The van der Waals surface area contributed by atoms with Crippen molar-refractivity contribution in [2.45, 2.75) is 6.92 Å². The number of nitrogens with one attached hydrogen (secondary N) is 1. The number of hydrazone groups is 1. The Bertz CT molecular complexity index is 1030. The number of anilines is 1. The molecule has 136 valence electrons. The van der Waals surface area contributed by atoms with Crippen LogP contribution in [0.2, 0.25) is 0 Å². The van der Waals surface area contributed by atoms with Crippen LogP contribution in [0, 0.1) is 27.2 Å². The average molecular weight is 367 g/mol. The highest BCUT2D eigenvalue weighted by molar-refractivity contribution is 5.79. The molecule has 0 spiro atoms. The fourth-order valence-corrected chi connectivity index (χ4v) is 2.29. The van der Waals surface area contributed by atoms with Gasteiger partial charge in [0.15, 0.2) is 0 Å². The van der Waals surface area contributed by atoms with Crippen molar-refractivity contribution >= 4 is 23.4 Å². The first-order valence-corrected chi connectivity index (χ1v) is 7.69. The summed E-state index contributed by atoms with van der Waals surface area (Å²) in [7, 11) is 0. The maximum Gasteiger partial charge on any atom is 0.287 e. The molecule has 0 radical (unpaired) electrons. The van der Waals surface area contributed by atoms with Gasteiger partial charge in [0.2, 0.25) is 0 Å². The van der Waals surface area contributed by atoms with E-state index in [1.54, 1.807) is 31.2 Å². The van der Waals surface area contributed by atoms with Gasteiger partial charge in [-0.1, -0.05) is 6.07 Å². The van der Waals surface area contributed by atoms with Crippen molar-refractivity contribution in [2.75, 3.05) is 5.43 Å². The molecule has 2 heterocycles. The van der Waals surface area contributed by atoms with Crippen molar-refractivity contribution in [3.8, 4) is 11.3 Å². The summed E-state index contributed by atoms with van der Waals surface area (Å²) in [6.07, 6.45) is 2.48. The highest BCUT2D eigenvalue weighted by Crippen LogP contribution is 2.31. The minimum absolute atomic E-state index is 0.0407. The molecule has 27 heavy (non-hydrogen) atoms. The summed E-state index contributed by atoms with van der Waals surface area (Å²) in [6.45, 7) is 1.77. The molecule has 10 heteroatoms. The van der Waals surface area contributed by atoms with Gasteiger partial charge >= 0.3 is 0 Å². The summed E-state index contributed by atoms with van der Waals surface area (Å²) in [5.74, 6) is 1.03. The Kier molecular flexibility index (Phi) is 4.88. The molecule has 1 N–H and O–H groups in total. The van der Waals surface area contributed by atoms with Crippen LogP contribution < -0.4 is 5.43 Å². The minimum Gasteiger partial charge on any atom is -0.455 e. The monoisotopic (exact) mass is 367 g/mol. The Morgan fingerprint density at radius 3 is 2.59 bits per heavy atom. The lowest BCUT2D eigenvalue weighted by atomic mass is 10.1. The zero-order valence-corrected chi connectivity index (χ0v) is 14.0. The Labute approximate surface area is 152 Å². The van der Waals surface area contributed by atoms with E-state index in [1.165, 1.54) is 24.4 Å². The van der Waals surface area contributed by atoms with Gasteiger partial charge in [0.05, 0.1) is 21.6 Å². The fraction of sp³-hybridized carbons (Fsp3) is 0.0588. The van der Waals surface area contributed by atoms with Gasteiger partial charge in [-0.25, -0.2) is 4.98 Å². The first kappa shape index (κ1) is 17.7. The zero-order valence-electron chi connectivity index (χ0n) is 14.0. The number of nitro benzene ring substituents is 1. The van der Waals surface area contributed by atoms with Gasteiger partial charge in [-0.05, 0) is 36.8 Å². The van der Waals surface area contributed by atoms with Crippen molar-refractivity contribution in [3.63, 3.8) is 0 Å². The molecule has 1 aromatic carbocycles. The maximum atomic E-state index is 11.2. The number of benzene rings is 1. The number of nitrogens with zero attached hydrogens (tertiary/aromatic N) is 4. The van der Waals surface area contributed by atoms with E-state index < -0.39 is 9.85 Å². The fourth-order valence-electron chi connectivity index (χ4n) is 2.29. The van der Waals surface area contributed by atoms with Gasteiger partial charge in [-0.3, -0.25) is 25.7 Å². The quantitative estimate of drug-likeness (QED) is 0.396. The van der Waals surface area contributed by atoms with Crippen LogP contribution in [0.3, 0.4) is 0 Å². The van der Waals surface area contributed by atoms with Crippen LogP contribution in [0.4, 0.5) is 17.2 Å². The molecule has 0 atom stereocenters. The third-order valence-electron chi connectivity index (χ3n) is 3.57. The summed E-state index contributed by atoms with van der Waals surface area (Å²) < 4.78 is 5.59. The molecule has 0 saturated heterocycles. The van der Waals surface area contributed by atoms with Crippen LogP contribution in [-0.2, 0) is 0 Å². The number of hydrogen-bond acceptors (Lipinski definition) is 8. The average Bonchev–Trinajstić information content (AvgIpc) is 3.10. The van der Waals surface area contributed by atoms with Crippen LogP contribution in [0.25, 0.3) is 11.3 Å². The first-order valence-electron chi connectivity index (χ1n) is 7.69. The second-order valence-corrected chi connectivity index (χ2v) is 5.51. The molecule has 0 aliphatic heterocycles. The zero-order chi connectivity index (χ0) is 19.4. The topological polar surface area (TPSA) is 137 Å². The molecule has 0 saturated carbocycles. The predicted molar refractivity (Wildman–Crippen MR) is 97.6 cm³/mol. The van der Waals surface area contributed by atoms with Crippen LogP contribution in [-0.4, -0.2) is 21.0 Å². The largest absolute Gasteiger partial charge is 0.455 e. The molecule has 0 unspecified atom stereocenters. The molecule has 0 amide bonds. The molecule has 3 rings (SSSR count). The summed E-state index contributed by atoms with van der Waals surface area (Å²) in [4.78, 5) is 24.6. The van der Waals surface area contributed by atoms with Crippen LogP contribution in [0.1, 0.15) is 11.3 Å². The molecular weight excluding hydrogens is 354 g/mol. The van der Waals surface area contributed by atoms with Crippen molar-refractivity contribution in [1.29, 1.82) is 0 Å². The summed E-state index contributed by atoms with van der Waals surface area (Å²) in [5.41, 5.74) is 3.59. The van der Waals surface area contributed by atoms with E-state index in [0.717, 1.165) is 11.8 Å². The molecule has 2 aromatic heterocycles. The standard InChI is InChI=1S/C17H13N5O5/c1-11-2-5-14(15(8-11)22(25)26)16-6-4-13(27-16)10-19-20-17-7-3-12(9-18-17)21(23)24/h2-10H,1H3,(H,18,20)/b19-10+. The molecule has 0 bridgehead atoms. The number of pyridine rings is 1. The van der Waals surface area contributed by atoms with E-state index >= 15 is 0 Å². The van der Waals surface area contributed by atoms with Crippen LogP contribution in [0.5, 0.6) is 0 Å². The molecule has 0 aliphatic carbocycles. The Morgan fingerprint density at radius 2 is 1.93 bits per heavy atom. The number of rotatable bonds is 6. The van der Waals surface area contributed by atoms with E-state index in [9.17, 15) is 20.2 Å². The van der Waals surface area contributed by atoms with Crippen molar-refractivity contribution in [1.82, 2.24) is 4.98 Å². The molecule has 0 fully saturated rings. The normalized spacial score (nSPS) is 10.9.